The molecule has 0 radical (unpaired) electrons. The molecular formula is C15H21N3O3. The van der Waals surface area contributed by atoms with E-state index in [0.29, 0.717) is 18.0 Å². The third kappa shape index (κ3) is 4.26. The van der Waals surface area contributed by atoms with Crippen molar-refractivity contribution in [3.63, 3.8) is 0 Å². The van der Waals surface area contributed by atoms with Crippen LogP contribution < -0.4 is 5.32 Å². The predicted octanol–water partition coefficient (Wildman–Crippen LogP) is 2.57. The molecule has 0 aliphatic carbocycles. The molecule has 1 N–H and O–H groups in total. The molecule has 0 unspecified atom stereocenters. The van der Waals surface area contributed by atoms with Crippen LogP contribution in [0.4, 0.5) is 11.4 Å². The average Bonchev–Trinajstić information content (AvgIpc) is 2.43. The van der Waals surface area contributed by atoms with Crippen molar-refractivity contribution in [1.29, 1.82) is 0 Å². The number of hydrogen-bond acceptors (Lipinski definition) is 4. The zero-order valence-corrected chi connectivity index (χ0v) is 12.5. The van der Waals surface area contributed by atoms with Crippen molar-refractivity contribution in [2.75, 3.05) is 25.5 Å². The number of nitro groups is 1. The number of likely N-dealkylation sites (tertiary alicyclic amines) is 1. The molecule has 1 aromatic rings. The summed E-state index contributed by atoms with van der Waals surface area (Å²) < 4.78 is 0. The largest absolute Gasteiger partial charge is 0.326 e. The third-order valence-corrected chi connectivity index (χ3v) is 4.02. The first-order valence-electron chi connectivity index (χ1n) is 7.19. The minimum atomic E-state index is -0.452. The minimum absolute atomic E-state index is 0.00445. The van der Waals surface area contributed by atoms with Gasteiger partial charge in [-0.3, -0.25) is 14.9 Å². The lowest BCUT2D eigenvalue weighted by atomic mass is 9.93. The van der Waals surface area contributed by atoms with Gasteiger partial charge in [-0.1, -0.05) is 6.07 Å². The number of amides is 1. The molecule has 1 aliphatic rings. The summed E-state index contributed by atoms with van der Waals surface area (Å²) in [5, 5.41) is 13.6. The van der Waals surface area contributed by atoms with E-state index in [-0.39, 0.29) is 11.6 Å². The summed E-state index contributed by atoms with van der Waals surface area (Å²) >= 11 is 0. The first kappa shape index (κ1) is 15.4. The second kappa shape index (κ2) is 6.67. The fourth-order valence-electron chi connectivity index (χ4n) is 2.59. The van der Waals surface area contributed by atoms with Gasteiger partial charge in [-0.25, -0.2) is 0 Å². The van der Waals surface area contributed by atoms with E-state index in [2.05, 4.69) is 17.3 Å². The molecule has 1 fully saturated rings. The Morgan fingerprint density at radius 1 is 1.43 bits per heavy atom. The van der Waals surface area contributed by atoms with Gasteiger partial charge in [0.25, 0.3) is 5.69 Å². The first-order chi connectivity index (χ1) is 9.95. The fraction of sp³-hybridized carbons (Fsp3) is 0.533. The van der Waals surface area contributed by atoms with Crippen molar-refractivity contribution in [3.8, 4) is 0 Å². The Bertz CT molecular complexity index is 537. The van der Waals surface area contributed by atoms with Crippen LogP contribution in [0.5, 0.6) is 0 Å². The quantitative estimate of drug-likeness (QED) is 0.683. The number of non-ortho nitro benzene ring substituents is 1. The standard InChI is InChI=1S/C15H21N3O3/c1-11-3-4-13(18(20)21)10-14(11)16-15(19)9-12-5-7-17(2)8-6-12/h3-4,10,12H,5-9H2,1-2H3,(H,16,19). The molecule has 0 aromatic heterocycles. The molecule has 0 spiro atoms. The fourth-order valence-corrected chi connectivity index (χ4v) is 2.59. The number of piperidine rings is 1. The molecule has 21 heavy (non-hydrogen) atoms. The number of nitrogens with one attached hydrogen (secondary N) is 1. The Balaban J connectivity index is 1.96. The van der Waals surface area contributed by atoms with E-state index in [0.717, 1.165) is 31.5 Å². The number of nitro benzene ring substituents is 1. The molecule has 0 atom stereocenters. The van der Waals surface area contributed by atoms with Gasteiger partial charge < -0.3 is 10.2 Å². The molecular weight excluding hydrogens is 270 g/mol. The number of nitrogens with zero attached hydrogens (tertiary/aromatic N) is 2. The monoisotopic (exact) mass is 291 g/mol. The summed E-state index contributed by atoms with van der Waals surface area (Å²) in [6.45, 7) is 3.87. The summed E-state index contributed by atoms with van der Waals surface area (Å²) in [5.74, 6) is 0.341. The number of anilines is 1. The highest BCUT2D eigenvalue weighted by atomic mass is 16.6. The molecule has 1 aromatic carbocycles. The number of aryl methyl sites for hydroxylation is 1. The van der Waals surface area contributed by atoms with Crippen molar-refractivity contribution < 1.29 is 9.72 Å². The molecule has 1 saturated heterocycles. The van der Waals surface area contributed by atoms with Crippen LogP contribution in [0.3, 0.4) is 0 Å². The third-order valence-electron chi connectivity index (χ3n) is 4.02. The van der Waals surface area contributed by atoms with E-state index < -0.39 is 4.92 Å². The average molecular weight is 291 g/mol. The Morgan fingerprint density at radius 2 is 2.10 bits per heavy atom. The second-order valence-corrected chi connectivity index (χ2v) is 5.76. The lowest BCUT2D eigenvalue weighted by Crippen LogP contribution is -2.32. The van der Waals surface area contributed by atoms with Gasteiger partial charge in [0.1, 0.15) is 0 Å². The van der Waals surface area contributed by atoms with E-state index in [1.807, 2.05) is 6.92 Å². The zero-order chi connectivity index (χ0) is 15.4. The van der Waals surface area contributed by atoms with Crippen LogP contribution in [0.25, 0.3) is 0 Å². The Kier molecular flexibility index (Phi) is 4.90. The van der Waals surface area contributed by atoms with Crippen LogP contribution >= 0.6 is 0 Å². The maximum absolute atomic E-state index is 12.1. The van der Waals surface area contributed by atoms with Gasteiger partial charge in [-0.15, -0.1) is 0 Å². The van der Waals surface area contributed by atoms with Gasteiger partial charge in [0.05, 0.1) is 10.6 Å². The highest BCUT2D eigenvalue weighted by molar-refractivity contribution is 5.92. The van der Waals surface area contributed by atoms with E-state index in [9.17, 15) is 14.9 Å². The highest BCUT2D eigenvalue weighted by Crippen LogP contribution is 2.24. The van der Waals surface area contributed by atoms with Gasteiger partial charge in [0.15, 0.2) is 0 Å². The topological polar surface area (TPSA) is 75.5 Å². The van der Waals surface area contributed by atoms with Crippen LogP contribution in [-0.4, -0.2) is 35.9 Å². The maximum atomic E-state index is 12.1. The number of rotatable bonds is 4. The van der Waals surface area contributed by atoms with Crippen molar-refractivity contribution >= 4 is 17.3 Å². The SMILES string of the molecule is Cc1ccc([N+](=O)[O-])cc1NC(=O)CC1CCN(C)CC1. The molecule has 2 rings (SSSR count). The Hall–Kier alpha value is -1.95. The van der Waals surface area contributed by atoms with Gasteiger partial charge in [-0.2, -0.15) is 0 Å². The predicted molar refractivity (Wildman–Crippen MR) is 81.3 cm³/mol. The van der Waals surface area contributed by atoms with Gasteiger partial charge in [-0.05, 0) is 51.4 Å². The summed E-state index contributed by atoms with van der Waals surface area (Å²) in [6, 6.07) is 4.52. The van der Waals surface area contributed by atoms with E-state index in [1.54, 1.807) is 6.07 Å². The lowest BCUT2D eigenvalue weighted by Gasteiger charge is -2.28. The maximum Gasteiger partial charge on any atom is 0.271 e. The molecule has 114 valence electrons. The van der Waals surface area contributed by atoms with Crippen LogP contribution in [0.2, 0.25) is 0 Å². The molecule has 0 saturated carbocycles. The Morgan fingerprint density at radius 3 is 2.71 bits per heavy atom. The molecule has 6 nitrogen and oxygen atoms in total. The Labute approximate surface area is 124 Å². The van der Waals surface area contributed by atoms with Crippen molar-refractivity contribution in [1.82, 2.24) is 4.90 Å². The second-order valence-electron chi connectivity index (χ2n) is 5.76. The zero-order valence-electron chi connectivity index (χ0n) is 12.5. The highest BCUT2D eigenvalue weighted by Gasteiger charge is 2.20. The van der Waals surface area contributed by atoms with Gasteiger partial charge in [0.2, 0.25) is 5.91 Å². The van der Waals surface area contributed by atoms with Crippen LogP contribution in [0.1, 0.15) is 24.8 Å². The van der Waals surface area contributed by atoms with E-state index in [4.69, 9.17) is 0 Å². The molecule has 1 aliphatic heterocycles. The van der Waals surface area contributed by atoms with Gasteiger partial charge >= 0.3 is 0 Å². The number of hydrogen-bond donors (Lipinski definition) is 1. The number of carbonyl (C=O) groups excluding carboxylic acids is 1. The lowest BCUT2D eigenvalue weighted by molar-refractivity contribution is -0.384. The van der Waals surface area contributed by atoms with Crippen molar-refractivity contribution in [3.05, 3.63) is 33.9 Å². The summed E-state index contributed by atoms with van der Waals surface area (Å²) in [5.41, 5.74) is 1.36. The number of benzene rings is 1. The molecule has 1 amide bonds. The molecule has 1 heterocycles. The van der Waals surface area contributed by atoms with E-state index >= 15 is 0 Å². The van der Waals surface area contributed by atoms with Crippen LogP contribution in [0, 0.1) is 23.0 Å². The summed E-state index contributed by atoms with van der Waals surface area (Å²) in [4.78, 5) is 24.7. The minimum Gasteiger partial charge on any atom is -0.326 e. The van der Waals surface area contributed by atoms with Crippen LogP contribution in [0.15, 0.2) is 18.2 Å². The summed E-state index contributed by atoms with van der Waals surface area (Å²) in [6.07, 6.45) is 2.53. The first-order valence-corrected chi connectivity index (χ1v) is 7.19. The summed E-state index contributed by atoms with van der Waals surface area (Å²) in [7, 11) is 2.09. The smallest absolute Gasteiger partial charge is 0.271 e. The van der Waals surface area contributed by atoms with Crippen LogP contribution in [-0.2, 0) is 4.79 Å². The molecule has 6 heteroatoms. The van der Waals surface area contributed by atoms with E-state index in [1.165, 1.54) is 12.1 Å². The normalized spacial score (nSPS) is 16.7. The van der Waals surface area contributed by atoms with Crippen molar-refractivity contribution in [2.45, 2.75) is 26.2 Å². The van der Waals surface area contributed by atoms with Crippen molar-refractivity contribution in [2.24, 2.45) is 5.92 Å². The van der Waals surface area contributed by atoms with Gasteiger partial charge in [0, 0.05) is 18.6 Å². The number of carbonyl (C=O) groups is 1. The molecule has 0 bridgehead atoms.